The van der Waals surface area contributed by atoms with Crippen LogP contribution in [0.25, 0.3) is 0 Å². The minimum atomic E-state index is -0.462. The Kier molecular flexibility index (Phi) is 8.84. The molecule has 1 aliphatic rings. The summed E-state index contributed by atoms with van der Waals surface area (Å²) in [6, 6.07) is 22.7. The zero-order valence-electron chi connectivity index (χ0n) is 21.9. The second kappa shape index (κ2) is 12.4. The van der Waals surface area contributed by atoms with Crippen molar-refractivity contribution in [1.82, 2.24) is 9.80 Å². The molecule has 3 aromatic carbocycles. The molecule has 0 spiro atoms. The molecule has 0 bridgehead atoms. The molecule has 200 valence electrons. The highest BCUT2D eigenvalue weighted by atomic mass is 19.1. The summed E-state index contributed by atoms with van der Waals surface area (Å²) in [7, 11) is 4.64. The predicted octanol–water partition coefficient (Wildman–Crippen LogP) is 5.99. The van der Waals surface area contributed by atoms with Gasteiger partial charge >= 0.3 is 12.2 Å². The second-order valence-electron chi connectivity index (χ2n) is 9.39. The molecule has 0 heterocycles. The number of hydrogen-bond donors (Lipinski definition) is 0. The number of methoxy groups -OCH3 is 2. The monoisotopic (exact) mass is 520 g/mol. The van der Waals surface area contributed by atoms with Crippen LogP contribution in [-0.4, -0.2) is 55.3 Å². The van der Waals surface area contributed by atoms with Gasteiger partial charge in [0, 0.05) is 31.6 Å². The van der Waals surface area contributed by atoms with Gasteiger partial charge in [-0.2, -0.15) is 0 Å². The highest BCUT2D eigenvalue weighted by Crippen LogP contribution is 2.42. The fourth-order valence-corrected chi connectivity index (χ4v) is 5.20. The molecule has 0 radical (unpaired) electrons. The van der Waals surface area contributed by atoms with Gasteiger partial charge in [-0.05, 0) is 53.8 Å². The Balaban J connectivity index is 1.67. The number of hydrogen-bond acceptors (Lipinski definition) is 5. The molecule has 0 aromatic heterocycles. The number of benzene rings is 3. The van der Waals surface area contributed by atoms with Crippen molar-refractivity contribution in [1.29, 1.82) is 0 Å². The second-order valence-corrected chi connectivity index (χ2v) is 9.39. The fourth-order valence-electron chi connectivity index (χ4n) is 5.20. The molecule has 0 N–H and O–H groups in total. The van der Waals surface area contributed by atoms with E-state index in [2.05, 4.69) is 0 Å². The molecule has 0 unspecified atom stereocenters. The van der Waals surface area contributed by atoms with Gasteiger partial charge in [0.15, 0.2) is 0 Å². The molecular formula is C30H33FN2O5. The molecule has 4 rings (SSSR count). The Hall–Kier alpha value is -4.07. The van der Waals surface area contributed by atoms with Gasteiger partial charge < -0.3 is 24.0 Å². The van der Waals surface area contributed by atoms with E-state index >= 15 is 0 Å². The van der Waals surface area contributed by atoms with Crippen LogP contribution in [0.5, 0.6) is 5.75 Å². The van der Waals surface area contributed by atoms with E-state index in [1.807, 2.05) is 54.6 Å². The summed E-state index contributed by atoms with van der Waals surface area (Å²) in [5, 5.41) is 0. The molecule has 8 heteroatoms. The third-order valence-electron chi connectivity index (χ3n) is 7.15. The maximum absolute atomic E-state index is 13.8. The number of rotatable bonds is 8. The summed E-state index contributed by atoms with van der Waals surface area (Å²) >= 11 is 0. The molecule has 1 saturated carbocycles. The highest BCUT2D eigenvalue weighted by Gasteiger charge is 2.45. The van der Waals surface area contributed by atoms with Crippen LogP contribution >= 0.6 is 0 Å². The number of amides is 2. The van der Waals surface area contributed by atoms with Crippen LogP contribution in [0.15, 0.2) is 78.9 Å². The minimum absolute atomic E-state index is 0.137. The van der Waals surface area contributed by atoms with E-state index in [4.69, 9.17) is 14.2 Å². The fraction of sp³-hybridized carbons (Fsp3) is 0.333. The lowest BCUT2D eigenvalue weighted by molar-refractivity contribution is 0.0703. The number of ether oxygens (including phenoxy) is 3. The van der Waals surface area contributed by atoms with E-state index in [1.165, 1.54) is 19.2 Å². The molecular weight excluding hydrogens is 487 g/mol. The minimum Gasteiger partial charge on any atom is -0.497 e. The van der Waals surface area contributed by atoms with Gasteiger partial charge in [-0.1, -0.05) is 54.6 Å². The summed E-state index contributed by atoms with van der Waals surface area (Å²) in [5.41, 5.74) is 2.63. The number of carbonyl (C=O) groups excluding carboxylic acids is 2. The van der Waals surface area contributed by atoms with Gasteiger partial charge in [-0.3, -0.25) is 0 Å². The lowest BCUT2D eigenvalue weighted by Crippen LogP contribution is -2.46. The van der Waals surface area contributed by atoms with Gasteiger partial charge in [0.25, 0.3) is 0 Å². The molecule has 3 atom stereocenters. The zero-order chi connectivity index (χ0) is 27.1. The highest BCUT2D eigenvalue weighted by molar-refractivity contribution is 5.69. The van der Waals surface area contributed by atoms with Gasteiger partial charge in [0.05, 0.1) is 14.2 Å². The van der Waals surface area contributed by atoms with Gasteiger partial charge in [-0.25, -0.2) is 14.0 Å². The van der Waals surface area contributed by atoms with Gasteiger partial charge in [0.1, 0.15) is 18.2 Å². The van der Waals surface area contributed by atoms with E-state index in [9.17, 15) is 14.0 Å². The Bertz CT molecular complexity index is 1200. The molecule has 2 amide bonds. The molecule has 38 heavy (non-hydrogen) atoms. The average Bonchev–Trinajstić information content (AvgIpc) is 3.39. The lowest BCUT2D eigenvalue weighted by Gasteiger charge is -2.36. The van der Waals surface area contributed by atoms with E-state index in [-0.39, 0.29) is 30.4 Å². The Morgan fingerprint density at radius 1 is 0.842 bits per heavy atom. The summed E-state index contributed by atoms with van der Waals surface area (Å²) < 4.78 is 29.9. The van der Waals surface area contributed by atoms with Crippen LogP contribution < -0.4 is 4.74 Å². The number of likely N-dealkylation sites (N-methyl/N-ethyl adjacent to an activating group) is 1. The molecule has 3 aromatic rings. The topological polar surface area (TPSA) is 68.3 Å². The van der Waals surface area contributed by atoms with Crippen molar-refractivity contribution in [2.24, 2.45) is 0 Å². The first-order chi connectivity index (χ1) is 18.4. The Labute approximate surface area is 222 Å². The molecule has 1 aliphatic carbocycles. The molecule has 0 aliphatic heterocycles. The van der Waals surface area contributed by atoms with E-state index < -0.39 is 12.2 Å². The van der Waals surface area contributed by atoms with Gasteiger partial charge in [-0.15, -0.1) is 0 Å². The van der Waals surface area contributed by atoms with E-state index in [0.717, 1.165) is 22.4 Å². The summed E-state index contributed by atoms with van der Waals surface area (Å²) in [5.74, 6) is 0.0949. The molecule has 0 saturated heterocycles. The maximum Gasteiger partial charge on any atom is 0.410 e. The van der Waals surface area contributed by atoms with Crippen molar-refractivity contribution in [3.8, 4) is 5.75 Å². The largest absolute Gasteiger partial charge is 0.497 e. The maximum atomic E-state index is 13.8. The van der Waals surface area contributed by atoms with Crippen LogP contribution in [0.4, 0.5) is 14.0 Å². The molecule has 1 fully saturated rings. The van der Waals surface area contributed by atoms with Crippen molar-refractivity contribution in [3.63, 3.8) is 0 Å². The van der Waals surface area contributed by atoms with Crippen molar-refractivity contribution in [3.05, 3.63) is 101 Å². The lowest BCUT2D eigenvalue weighted by atomic mass is 9.89. The summed E-state index contributed by atoms with van der Waals surface area (Å²) in [6.45, 7) is 0.437. The molecule has 7 nitrogen and oxygen atoms in total. The van der Waals surface area contributed by atoms with E-state index in [1.54, 1.807) is 36.1 Å². The van der Waals surface area contributed by atoms with Crippen LogP contribution in [0, 0.1) is 5.82 Å². The van der Waals surface area contributed by atoms with Crippen LogP contribution in [-0.2, 0) is 22.6 Å². The van der Waals surface area contributed by atoms with Crippen LogP contribution in [0.3, 0.4) is 0 Å². The van der Waals surface area contributed by atoms with Gasteiger partial charge in [0.2, 0.25) is 0 Å². The SMILES string of the molecule is COC(=O)N(C)[C@H]1CC[C@H](N(Cc2ccc(OC)cc2)C(=O)OCc2ccccc2)[C@@H]1c1ccc(F)cc1. The zero-order valence-corrected chi connectivity index (χ0v) is 21.9. The quantitative estimate of drug-likeness (QED) is 0.365. The number of halogens is 1. The van der Waals surface area contributed by atoms with E-state index in [0.29, 0.717) is 19.4 Å². The third-order valence-corrected chi connectivity index (χ3v) is 7.15. The predicted molar refractivity (Wildman–Crippen MR) is 141 cm³/mol. The van der Waals surface area contributed by atoms with Crippen LogP contribution in [0.1, 0.15) is 35.4 Å². The Morgan fingerprint density at radius 3 is 2.13 bits per heavy atom. The Morgan fingerprint density at radius 2 is 1.50 bits per heavy atom. The smallest absolute Gasteiger partial charge is 0.410 e. The number of carbonyl (C=O) groups is 2. The average molecular weight is 521 g/mol. The van der Waals surface area contributed by atoms with Crippen molar-refractivity contribution in [2.75, 3.05) is 21.3 Å². The first kappa shape index (κ1) is 27.0. The third kappa shape index (κ3) is 6.25. The summed E-state index contributed by atoms with van der Waals surface area (Å²) in [6.07, 6.45) is 0.355. The van der Waals surface area contributed by atoms with Crippen molar-refractivity contribution < 1.29 is 28.2 Å². The first-order valence-electron chi connectivity index (χ1n) is 12.6. The van der Waals surface area contributed by atoms with Crippen molar-refractivity contribution >= 4 is 12.2 Å². The standard InChI is InChI=1S/C30H33FN2O5/c1-32(29(34)37-3)26-17-18-27(28(26)23-11-13-24(31)14-12-23)33(19-21-9-15-25(36-2)16-10-21)30(35)38-20-22-7-5-4-6-8-22/h4-16,26-28H,17-20H2,1-3H3/t26-,27-,28+/m0/s1. The number of nitrogens with zero attached hydrogens (tertiary/aromatic N) is 2. The first-order valence-corrected chi connectivity index (χ1v) is 12.6. The normalized spacial score (nSPS) is 18.5. The van der Waals surface area contributed by atoms with Crippen molar-refractivity contribution in [2.45, 2.75) is 44.0 Å². The van der Waals surface area contributed by atoms with Crippen LogP contribution in [0.2, 0.25) is 0 Å². The summed E-state index contributed by atoms with van der Waals surface area (Å²) in [4.78, 5) is 29.4.